The predicted molar refractivity (Wildman–Crippen MR) is 176 cm³/mol. The first-order chi connectivity index (χ1) is 20.8. The maximum atomic E-state index is 3.32. The molecule has 0 spiro atoms. The minimum Gasteiger partial charge on any atom is -0.376 e. The van der Waals surface area contributed by atoms with E-state index in [0.29, 0.717) is 0 Å². The van der Waals surface area contributed by atoms with Gasteiger partial charge in [0.05, 0.1) is 13.3 Å². The summed E-state index contributed by atoms with van der Waals surface area (Å²) in [4.78, 5) is 9.47. The molecule has 1 N–H and O–H groups in total. The first kappa shape index (κ1) is 23.4. The van der Waals surface area contributed by atoms with Gasteiger partial charge >= 0.3 is 6.85 Å². The van der Waals surface area contributed by atoms with E-state index in [9.17, 15) is 0 Å². The van der Waals surface area contributed by atoms with Crippen molar-refractivity contribution < 1.29 is 0 Å². The summed E-state index contributed by atoms with van der Waals surface area (Å²) < 4.78 is 0. The Kier molecular flexibility index (Phi) is 5.05. The van der Waals surface area contributed by atoms with Crippen LogP contribution < -0.4 is 35.8 Å². The van der Waals surface area contributed by atoms with Gasteiger partial charge in [0.15, 0.2) is 0 Å². The molecule has 0 atom stereocenters. The van der Waals surface area contributed by atoms with Crippen LogP contribution in [0.5, 0.6) is 0 Å². The Labute approximate surface area is 246 Å². The van der Waals surface area contributed by atoms with Crippen LogP contribution in [0.2, 0.25) is 0 Å². The topological polar surface area (TPSA) is 25.0 Å². The largest absolute Gasteiger partial charge is 0.376 e. The van der Waals surface area contributed by atoms with Crippen molar-refractivity contribution in [2.45, 2.75) is 0 Å². The molecule has 0 fully saturated rings. The SMILES string of the molecule is C1=CN(c2ccc3c(c2)N2B(c4ccccc4-3)c3ccccc3-c3ccc(N4C=CN(c5ccccc5)C4)cc32)CN1. The highest BCUT2D eigenvalue weighted by Gasteiger charge is 2.42. The van der Waals surface area contributed by atoms with Gasteiger partial charge in [0.25, 0.3) is 0 Å². The molecule has 5 nitrogen and oxygen atoms in total. The van der Waals surface area contributed by atoms with Gasteiger partial charge in [-0.2, -0.15) is 0 Å². The highest BCUT2D eigenvalue weighted by atomic mass is 15.3. The van der Waals surface area contributed by atoms with Crippen molar-refractivity contribution in [3.05, 3.63) is 140 Å². The van der Waals surface area contributed by atoms with Crippen LogP contribution in [0, 0.1) is 0 Å². The summed E-state index contributed by atoms with van der Waals surface area (Å²) in [5.41, 5.74) is 13.9. The lowest BCUT2D eigenvalue weighted by Gasteiger charge is -2.44. The maximum absolute atomic E-state index is 3.32. The Hall–Kier alpha value is -5.36. The van der Waals surface area contributed by atoms with Gasteiger partial charge in [-0.1, -0.05) is 78.9 Å². The van der Waals surface area contributed by atoms with Gasteiger partial charge in [-0.25, -0.2) is 0 Å². The van der Waals surface area contributed by atoms with Crippen LogP contribution in [-0.4, -0.2) is 20.2 Å². The standard InChI is InChI=1S/C36H28BN5/c1-2-8-26(9-3-1)40-20-21-41(25-40)28-15-17-32-30-11-5-7-13-34(30)37-33-12-6-4-10-29(33)31-16-14-27(39-19-18-38-24-39)22-35(31)42(37)36(32)23-28/h1-23,38H,24-25H2. The molecule has 200 valence electrons. The van der Waals surface area contributed by atoms with Crippen molar-refractivity contribution >= 4 is 46.2 Å². The van der Waals surface area contributed by atoms with Crippen LogP contribution in [0.15, 0.2) is 140 Å². The Morgan fingerprint density at radius 2 is 1.07 bits per heavy atom. The molecule has 4 heterocycles. The number of nitrogens with zero attached hydrogens (tertiary/aromatic N) is 4. The average Bonchev–Trinajstić information content (AvgIpc) is 3.78. The molecule has 0 saturated heterocycles. The van der Waals surface area contributed by atoms with E-state index in [1.807, 2.05) is 6.20 Å². The van der Waals surface area contributed by atoms with Gasteiger partial charge in [0.2, 0.25) is 0 Å². The van der Waals surface area contributed by atoms with E-state index in [4.69, 9.17) is 0 Å². The zero-order chi connectivity index (χ0) is 27.6. The Balaban J connectivity index is 1.22. The second kappa shape index (κ2) is 9.08. The van der Waals surface area contributed by atoms with Crippen molar-refractivity contribution in [1.29, 1.82) is 0 Å². The first-order valence-corrected chi connectivity index (χ1v) is 14.5. The summed E-state index contributed by atoms with van der Waals surface area (Å²) in [7, 11) is 0. The van der Waals surface area contributed by atoms with Crippen LogP contribution in [-0.2, 0) is 0 Å². The summed E-state index contributed by atoms with van der Waals surface area (Å²) in [6.07, 6.45) is 8.49. The fourth-order valence-electron chi connectivity index (χ4n) is 6.96. The van der Waals surface area contributed by atoms with Crippen molar-refractivity contribution in [3.8, 4) is 22.3 Å². The third kappa shape index (κ3) is 3.45. The van der Waals surface area contributed by atoms with Crippen LogP contribution in [0.3, 0.4) is 0 Å². The van der Waals surface area contributed by atoms with Gasteiger partial charge in [0, 0.05) is 64.4 Å². The van der Waals surface area contributed by atoms with Crippen molar-refractivity contribution in [1.82, 2.24) is 5.32 Å². The molecule has 5 aromatic carbocycles. The minimum atomic E-state index is 0.0880. The number of rotatable bonds is 3. The number of nitrogens with one attached hydrogen (secondary N) is 1. The van der Waals surface area contributed by atoms with Gasteiger partial charge in [-0.15, -0.1) is 0 Å². The van der Waals surface area contributed by atoms with Crippen molar-refractivity contribution in [2.75, 3.05) is 32.8 Å². The summed E-state index contributed by atoms with van der Waals surface area (Å²) in [6, 6.07) is 42.3. The molecule has 9 rings (SSSR count). The summed E-state index contributed by atoms with van der Waals surface area (Å²) in [5, 5.41) is 3.32. The highest BCUT2D eigenvalue weighted by Crippen LogP contribution is 2.48. The van der Waals surface area contributed by atoms with Gasteiger partial charge < -0.3 is 24.8 Å². The quantitative estimate of drug-likeness (QED) is 0.275. The zero-order valence-corrected chi connectivity index (χ0v) is 23.1. The van der Waals surface area contributed by atoms with E-state index >= 15 is 0 Å². The fourth-order valence-corrected chi connectivity index (χ4v) is 6.96. The maximum Gasteiger partial charge on any atom is 0.329 e. The van der Waals surface area contributed by atoms with Crippen molar-refractivity contribution in [2.24, 2.45) is 0 Å². The number of para-hydroxylation sites is 1. The van der Waals surface area contributed by atoms with E-state index in [1.54, 1.807) is 0 Å². The molecule has 4 aliphatic heterocycles. The lowest BCUT2D eigenvalue weighted by molar-refractivity contribution is 0.901. The number of hydrogen-bond donors (Lipinski definition) is 1. The molecular weight excluding hydrogens is 513 g/mol. The lowest BCUT2D eigenvalue weighted by Crippen LogP contribution is -2.59. The number of hydrogen-bond acceptors (Lipinski definition) is 5. The Bertz CT molecular complexity index is 1920. The average molecular weight is 541 g/mol. The van der Waals surface area contributed by atoms with E-state index in [2.05, 4.69) is 159 Å². The van der Waals surface area contributed by atoms with Crippen LogP contribution >= 0.6 is 0 Å². The molecule has 0 radical (unpaired) electrons. The predicted octanol–water partition coefficient (Wildman–Crippen LogP) is 6.19. The molecule has 0 bridgehead atoms. The van der Waals surface area contributed by atoms with Crippen LogP contribution in [0.25, 0.3) is 22.3 Å². The zero-order valence-electron chi connectivity index (χ0n) is 23.1. The number of benzene rings is 5. The second-order valence-electron chi connectivity index (χ2n) is 11.2. The van der Waals surface area contributed by atoms with Crippen LogP contribution in [0.1, 0.15) is 0 Å². The third-order valence-corrected chi connectivity index (χ3v) is 8.95. The van der Waals surface area contributed by atoms with Gasteiger partial charge in [-0.3, -0.25) is 0 Å². The number of anilines is 5. The fraction of sp³-hybridized carbons (Fsp3) is 0.0556. The molecule has 0 aliphatic carbocycles. The summed E-state index contributed by atoms with van der Waals surface area (Å²) in [6.45, 7) is 1.65. The van der Waals surface area contributed by atoms with Gasteiger partial charge in [-0.05, 0) is 58.5 Å². The van der Waals surface area contributed by atoms with E-state index in [-0.39, 0.29) is 6.85 Å². The molecule has 4 aliphatic rings. The summed E-state index contributed by atoms with van der Waals surface area (Å²) >= 11 is 0. The number of fused-ring (bicyclic) bond motifs is 11. The second-order valence-corrected chi connectivity index (χ2v) is 11.2. The Morgan fingerprint density at radius 1 is 0.500 bits per heavy atom. The molecule has 0 amide bonds. The molecular formula is C36H28BN5. The smallest absolute Gasteiger partial charge is 0.329 e. The normalized spacial score (nSPS) is 15.7. The monoisotopic (exact) mass is 541 g/mol. The molecule has 0 saturated carbocycles. The first-order valence-electron chi connectivity index (χ1n) is 14.5. The van der Waals surface area contributed by atoms with Crippen molar-refractivity contribution in [3.63, 3.8) is 0 Å². The van der Waals surface area contributed by atoms with Gasteiger partial charge in [0.1, 0.15) is 0 Å². The molecule has 0 aromatic heterocycles. The molecule has 5 aromatic rings. The van der Waals surface area contributed by atoms with E-state index < -0.39 is 0 Å². The lowest BCUT2D eigenvalue weighted by atomic mass is 9.43. The molecule has 42 heavy (non-hydrogen) atoms. The Morgan fingerprint density at radius 3 is 1.69 bits per heavy atom. The minimum absolute atomic E-state index is 0.0880. The van der Waals surface area contributed by atoms with Crippen LogP contribution in [0.4, 0.5) is 28.4 Å². The molecule has 6 heteroatoms. The third-order valence-electron chi connectivity index (χ3n) is 8.95. The highest BCUT2D eigenvalue weighted by molar-refractivity contribution is 6.92. The van der Waals surface area contributed by atoms with E-state index in [1.165, 1.54) is 61.6 Å². The summed E-state index contributed by atoms with van der Waals surface area (Å²) in [5.74, 6) is 0. The van der Waals surface area contributed by atoms with E-state index in [0.717, 1.165) is 13.3 Å². The molecule has 0 unspecified atom stereocenters.